The van der Waals surface area contributed by atoms with E-state index in [0.29, 0.717) is 0 Å². The van der Waals surface area contributed by atoms with Crippen molar-refractivity contribution in [1.29, 1.82) is 0 Å². The van der Waals surface area contributed by atoms with Gasteiger partial charge in [-0.05, 0) is 0 Å². The number of allylic oxidation sites excluding steroid dienone is 8. The van der Waals surface area contributed by atoms with E-state index in [-0.39, 0.29) is 24.8 Å². The van der Waals surface area contributed by atoms with E-state index in [4.69, 9.17) is 0 Å². The quantitative estimate of drug-likeness (QED) is 0.430. The molecule has 0 aromatic carbocycles. The molecule has 0 heterocycles. The summed E-state index contributed by atoms with van der Waals surface area (Å²) in [6, 6.07) is 0. The molecule has 2 rings (SSSR count). The molecule has 2 aliphatic rings. The number of rotatable bonds is 3. The normalized spacial score (nSPS) is 17.7. The molecule has 0 fully saturated rings. The molecule has 0 saturated carbocycles. The molecule has 0 unspecified atom stereocenters. The first-order chi connectivity index (χ1) is 8.02. The van der Waals surface area contributed by atoms with Gasteiger partial charge < -0.3 is 24.8 Å². The molecule has 105 valence electrons. The van der Waals surface area contributed by atoms with Crippen LogP contribution in [0.5, 0.6) is 0 Å². The Morgan fingerprint density at radius 1 is 1.00 bits per heavy atom. The van der Waals surface area contributed by atoms with Crippen LogP contribution in [-0.4, -0.2) is 5.98 Å². The van der Waals surface area contributed by atoms with Crippen LogP contribution < -0.4 is 24.8 Å². The summed E-state index contributed by atoms with van der Waals surface area (Å²) in [5.74, 6) is -0.472. The van der Waals surface area contributed by atoms with Crippen LogP contribution in [0.3, 0.4) is 0 Å². The first-order valence-corrected chi connectivity index (χ1v) is 19.3. The van der Waals surface area contributed by atoms with E-state index in [1.807, 2.05) is 6.66 Å². The monoisotopic (exact) mass is 481 g/mol. The second-order valence-electron chi connectivity index (χ2n) is 5.53. The zero-order chi connectivity index (χ0) is 12.6. The summed E-state index contributed by atoms with van der Waals surface area (Å²) in [6.07, 6.45) is 9.79. The molecule has 0 nitrogen and oxygen atoms in total. The van der Waals surface area contributed by atoms with Crippen LogP contribution in [0.15, 0.2) is 41.6 Å². The molecule has 0 atom stereocenters. The van der Waals surface area contributed by atoms with Crippen molar-refractivity contribution in [2.75, 3.05) is 0 Å². The standard InChI is InChI=1S/C7H9.C6H7.C2H7Si.2ClH.Hf/c1-6-4-3-5-7(6)2;1-6-4-2-3-5-6;1-3-2;;;/h4H,3H2,1-2H3;2,4H,3H2,1H3;3H,1-2H3;2*1H;/q;;;;;+2/p-2. The molecule has 0 spiro atoms. The summed E-state index contributed by atoms with van der Waals surface area (Å²) in [5.41, 5.74) is 4.85. The Bertz CT molecular complexity index is 459. The zero-order valence-corrected chi connectivity index (χ0v) is 18.7. The second kappa shape index (κ2) is 8.16. The molecular formula is C15H23Cl2HfSi. The van der Waals surface area contributed by atoms with Crippen molar-refractivity contribution in [1.82, 2.24) is 0 Å². The SMILES string of the molecule is CC1=CC[C]([Hf+2]([C]2=C(C)C=CC2)[SiH](C)C)=C1C.[Cl-].[Cl-]. The molecule has 0 bridgehead atoms. The molecule has 0 radical (unpaired) electrons. The third-order valence-corrected chi connectivity index (χ3v) is 32.3. The Labute approximate surface area is 139 Å². The van der Waals surface area contributed by atoms with Crippen molar-refractivity contribution in [2.24, 2.45) is 0 Å². The van der Waals surface area contributed by atoms with Crippen molar-refractivity contribution in [3.8, 4) is 0 Å². The third-order valence-electron chi connectivity index (χ3n) is 4.05. The Balaban J connectivity index is 0.00000162. The Morgan fingerprint density at radius 3 is 2.00 bits per heavy atom. The van der Waals surface area contributed by atoms with E-state index < -0.39 is 26.6 Å². The Kier molecular flexibility index (Phi) is 8.43. The molecule has 0 N–H and O–H groups in total. The Hall–Kier alpha value is 0.627. The fraction of sp³-hybridized carbons (Fsp3) is 0.467. The van der Waals surface area contributed by atoms with Crippen LogP contribution in [0.4, 0.5) is 0 Å². The van der Waals surface area contributed by atoms with E-state index in [0.717, 1.165) is 0 Å². The first kappa shape index (κ1) is 19.6. The van der Waals surface area contributed by atoms with Gasteiger partial charge in [-0.1, -0.05) is 0 Å². The van der Waals surface area contributed by atoms with Crippen molar-refractivity contribution in [3.05, 3.63) is 41.6 Å². The summed E-state index contributed by atoms with van der Waals surface area (Å²) < 4.78 is 3.86. The van der Waals surface area contributed by atoms with Gasteiger partial charge in [0.05, 0.1) is 0 Å². The molecule has 0 saturated heterocycles. The summed E-state index contributed by atoms with van der Waals surface area (Å²) in [7, 11) is 0. The molecule has 2 aliphatic carbocycles. The van der Waals surface area contributed by atoms with Crippen molar-refractivity contribution in [3.63, 3.8) is 0 Å². The van der Waals surface area contributed by atoms with Crippen molar-refractivity contribution >= 4 is 5.98 Å². The molecule has 0 aromatic heterocycles. The van der Waals surface area contributed by atoms with Gasteiger partial charge in [0.1, 0.15) is 0 Å². The van der Waals surface area contributed by atoms with Crippen molar-refractivity contribution < 1.29 is 45.4 Å². The van der Waals surface area contributed by atoms with Gasteiger partial charge in [-0.25, -0.2) is 0 Å². The van der Waals surface area contributed by atoms with Gasteiger partial charge >= 0.3 is 115 Å². The van der Waals surface area contributed by atoms with Gasteiger partial charge in [0.2, 0.25) is 0 Å². The van der Waals surface area contributed by atoms with Gasteiger partial charge in [-0.2, -0.15) is 0 Å². The predicted octanol–water partition coefficient (Wildman–Crippen LogP) is -1.55. The summed E-state index contributed by atoms with van der Waals surface area (Å²) in [5, 5.41) is 0. The minimum atomic E-state index is -1.62. The summed E-state index contributed by atoms with van der Waals surface area (Å²) in [6.45, 7) is 12.2. The van der Waals surface area contributed by atoms with E-state index in [1.165, 1.54) is 12.8 Å². The van der Waals surface area contributed by atoms with E-state index in [2.05, 4.69) is 52.1 Å². The molecule has 0 aromatic rings. The molecular weight excluding hydrogens is 458 g/mol. The minimum Gasteiger partial charge on any atom is -1.00 e. The smallest absolute Gasteiger partial charge is 1.00 e. The summed E-state index contributed by atoms with van der Waals surface area (Å²) >= 11 is -1.62. The van der Waals surface area contributed by atoms with Crippen LogP contribution in [-0.2, 0) is 20.6 Å². The first-order valence-electron chi connectivity index (χ1n) is 6.63. The number of hydrogen-bond donors (Lipinski definition) is 0. The molecule has 0 aliphatic heterocycles. The average molecular weight is 481 g/mol. The third kappa shape index (κ3) is 4.06. The van der Waals surface area contributed by atoms with Gasteiger partial charge in [0.25, 0.3) is 0 Å². The molecule has 0 amide bonds. The maximum Gasteiger partial charge on any atom is -1.00 e. The molecule has 19 heavy (non-hydrogen) atoms. The van der Waals surface area contributed by atoms with Gasteiger partial charge in [0, 0.05) is 0 Å². The van der Waals surface area contributed by atoms with Crippen LogP contribution in [0.1, 0.15) is 33.6 Å². The largest absolute Gasteiger partial charge is 1.00 e. The van der Waals surface area contributed by atoms with Crippen LogP contribution in [0.25, 0.3) is 0 Å². The average Bonchev–Trinajstić information content (AvgIpc) is 2.80. The second-order valence-corrected chi connectivity index (χ2v) is 32.3. The summed E-state index contributed by atoms with van der Waals surface area (Å²) in [4.78, 5) is 0. The van der Waals surface area contributed by atoms with Crippen LogP contribution >= 0.6 is 0 Å². The number of halogens is 2. The van der Waals surface area contributed by atoms with E-state index in [1.54, 1.807) is 16.7 Å². The van der Waals surface area contributed by atoms with Gasteiger partial charge in [0.15, 0.2) is 0 Å². The topological polar surface area (TPSA) is 0 Å². The molecule has 4 heteroatoms. The van der Waals surface area contributed by atoms with E-state index >= 15 is 0 Å². The number of hydrogen-bond acceptors (Lipinski definition) is 0. The zero-order valence-electron chi connectivity index (χ0n) is 12.5. The van der Waals surface area contributed by atoms with Crippen LogP contribution in [0.2, 0.25) is 13.1 Å². The maximum atomic E-state index is 2.59. The van der Waals surface area contributed by atoms with E-state index in [9.17, 15) is 0 Å². The van der Waals surface area contributed by atoms with Crippen LogP contribution in [0, 0.1) is 0 Å². The van der Waals surface area contributed by atoms with Gasteiger partial charge in [-0.3, -0.25) is 0 Å². The fourth-order valence-corrected chi connectivity index (χ4v) is 32.6. The van der Waals surface area contributed by atoms with Crippen molar-refractivity contribution in [2.45, 2.75) is 46.7 Å². The predicted molar refractivity (Wildman–Crippen MR) is 76.4 cm³/mol. The fourth-order valence-electron chi connectivity index (χ4n) is 2.93. The minimum absolute atomic E-state index is 0. The maximum absolute atomic E-state index is 2.59. The Morgan fingerprint density at radius 2 is 1.63 bits per heavy atom. The van der Waals surface area contributed by atoms with Gasteiger partial charge in [-0.15, -0.1) is 0 Å².